The summed E-state index contributed by atoms with van der Waals surface area (Å²) in [5.41, 5.74) is 0.350. The highest BCUT2D eigenvalue weighted by Gasteiger charge is 2.56. The molecule has 104 valence electrons. The van der Waals surface area contributed by atoms with E-state index in [1.165, 1.54) is 12.1 Å². The zero-order valence-electron chi connectivity index (χ0n) is 11.1. The number of benzene rings is 1. The molecule has 2 aliphatic rings. The monoisotopic (exact) mass is 269 g/mol. The van der Waals surface area contributed by atoms with Crippen LogP contribution in [0.2, 0.25) is 0 Å². The van der Waals surface area contributed by atoms with Crippen LogP contribution in [0.1, 0.15) is 19.4 Å². The Bertz CT molecular complexity index is 451. The maximum absolute atomic E-state index is 12.5. The Morgan fingerprint density at radius 2 is 1.58 bits per heavy atom. The van der Waals surface area contributed by atoms with Crippen LogP contribution in [-0.4, -0.2) is 13.1 Å². The van der Waals surface area contributed by atoms with E-state index in [9.17, 15) is 13.2 Å². The van der Waals surface area contributed by atoms with Gasteiger partial charge in [0.05, 0.1) is 5.56 Å². The van der Waals surface area contributed by atoms with Crippen molar-refractivity contribution < 1.29 is 13.2 Å². The summed E-state index contributed by atoms with van der Waals surface area (Å²) in [6.07, 6.45) is -4.24. The quantitative estimate of drug-likeness (QED) is 0.783. The summed E-state index contributed by atoms with van der Waals surface area (Å²) >= 11 is 0. The summed E-state index contributed by atoms with van der Waals surface area (Å²) in [5, 5.41) is 0. The highest BCUT2D eigenvalue weighted by atomic mass is 19.4. The van der Waals surface area contributed by atoms with Crippen molar-refractivity contribution in [2.45, 2.75) is 20.0 Å². The lowest BCUT2D eigenvalue weighted by Gasteiger charge is -2.23. The van der Waals surface area contributed by atoms with Gasteiger partial charge in [-0.3, -0.25) is 0 Å². The fourth-order valence-corrected chi connectivity index (χ4v) is 3.63. The molecule has 1 aliphatic heterocycles. The van der Waals surface area contributed by atoms with Gasteiger partial charge in [-0.25, -0.2) is 0 Å². The van der Waals surface area contributed by atoms with Crippen LogP contribution < -0.4 is 4.90 Å². The molecule has 1 aliphatic carbocycles. The minimum Gasteiger partial charge on any atom is -0.371 e. The summed E-state index contributed by atoms with van der Waals surface area (Å²) in [6.45, 7) is 6.51. The SMILES string of the molecule is CC(C)C1C2CN(c3ccc(C(F)(F)F)cc3)CC21. The second-order valence-corrected chi connectivity index (χ2v) is 6.10. The first kappa shape index (κ1) is 12.8. The van der Waals surface area contributed by atoms with Crippen molar-refractivity contribution in [2.24, 2.45) is 23.7 Å². The smallest absolute Gasteiger partial charge is 0.371 e. The summed E-state index contributed by atoms with van der Waals surface area (Å²) in [7, 11) is 0. The minimum atomic E-state index is -4.24. The van der Waals surface area contributed by atoms with E-state index in [0.29, 0.717) is 0 Å². The molecule has 0 N–H and O–H groups in total. The molecule has 1 heterocycles. The number of piperidine rings is 1. The van der Waals surface area contributed by atoms with E-state index < -0.39 is 11.7 Å². The van der Waals surface area contributed by atoms with Gasteiger partial charge < -0.3 is 4.90 Å². The zero-order valence-corrected chi connectivity index (χ0v) is 11.1. The van der Waals surface area contributed by atoms with E-state index in [4.69, 9.17) is 0 Å². The van der Waals surface area contributed by atoms with Crippen LogP contribution in [0, 0.1) is 23.7 Å². The van der Waals surface area contributed by atoms with Gasteiger partial charge in [0.15, 0.2) is 0 Å². The van der Waals surface area contributed by atoms with Gasteiger partial charge in [-0.2, -0.15) is 13.2 Å². The molecule has 1 saturated heterocycles. The van der Waals surface area contributed by atoms with E-state index in [2.05, 4.69) is 18.7 Å². The maximum Gasteiger partial charge on any atom is 0.416 e. The van der Waals surface area contributed by atoms with E-state index in [1.807, 2.05) is 0 Å². The summed E-state index contributed by atoms with van der Waals surface area (Å²) in [6, 6.07) is 5.55. The number of anilines is 1. The molecule has 0 spiro atoms. The minimum absolute atomic E-state index is 0.569. The lowest BCUT2D eigenvalue weighted by Crippen LogP contribution is -2.25. The molecule has 0 aromatic heterocycles. The van der Waals surface area contributed by atoms with Crippen molar-refractivity contribution in [3.63, 3.8) is 0 Å². The number of halogens is 3. The Balaban J connectivity index is 1.67. The van der Waals surface area contributed by atoms with Crippen LogP contribution in [0.25, 0.3) is 0 Å². The van der Waals surface area contributed by atoms with Crippen molar-refractivity contribution in [1.29, 1.82) is 0 Å². The molecule has 1 aromatic carbocycles. The second kappa shape index (κ2) is 4.15. The van der Waals surface area contributed by atoms with Gasteiger partial charge >= 0.3 is 6.18 Å². The van der Waals surface area contributed by atoms with E-state index in [0.717, 1.165) is 42.4 Å². The predicted molar refractivity (Wildman–Crippen MR) is 69.0 cm³/mol. The Morgan fingerprint density at radius 3 is 2.00 bits per heavy atom. The summed E-state index contributed by atoms with van der Waals surface area (Å²) in [5.74, 6) is 3.06. The molecule has 0 amide bonds. The molecule has 2 atom stereocenters. The fourth-order valence-electron chi connectivity index (χ4n) is 3.63. The molecule has 0 radical (unpaired) electrons. The second-order valence-electron chi connectivity index (χ2n) is 6.10. The topological polar surface area (TPSA) is 3.24 Å². The molecule has 2 fully saturated rings. The van der Waals surface area contributed by atoms with Crippen molar-refractivity contribution in [2.75, 3.05) is 18.0 Å². The Morgan fingerprint density at radius 1 is 1.05 bits per heavy atom. The van der Waals surface area contributed by atoms with Gasteiger partial charge in [0.1, 0.15) is 0 Å². The van der Waals surface area contributed by atoms with Gasteiger partial charge in [0, 0.05) is 18.8 Å². The average molecular weight is 269 g/mol. The first-order valence-electron chi connectivity index (χ1n) is 6.80. The predicted octanol–water partition coefficient (Wildman–Crippen LogP) is 4.04. The van der Waals surface area contributed by atoms with Crippen LogP contribution in [0.4, 0.5) is 18.9 Å². The van der Waals surface area contributed by atoms with Crippen molar-refractivity contribution in [1.82, 2.24) is 0 Å². The normalized spacial score (nSPS) is 29.8. The number of alkyl halides is 3. The van der Waals surface area contributed by atoms with Gasteiger partial charge in [-0.15, -0.1) is 0 Å². The number of fused-ring (bicyclic) bond motifs is 1. The molecule has 1 aromatic rings. The molecule has 4 heteroatoms. The summed E-state index contributed by atoms with van der Waals surface area (Å²) < 4.78 is 37.5. The van der Waals surface area contributed by atoms with Crippen LogP contribution in [0.15, 0.2) is 24.3 Å². The fraction of sp³-hybridized carbons (Fsp3) is 0.600. The molecular weight excluding hydrogens is 251 g/mol. The molecule has 19 heavy (non-hydrogen) atoms. The van der Waals surface area contributed by atoms with E-state index >= 15 is 0 Å². The number of hydrogen-bond acceptors (Lipinski definition) is 1. The highest BCUT2D eigenvalue weighted by Crippen LogP contribution is 2.56. The van der Waals surface area contributed by atoms with Crippen LogP contribution in [0.5, 0.6) is 0 Å². The highest BCUT2D eigenvalue weighted by molar-refractivity contribution is 5.50. The number of nitrogens with zero attached hydrogens (tertiary/aromatic N) is 1. The summed E-state index contributed by atoms with van der Waals surface area (Å²) in [4.78, 5) is 2.22. The van der Waals surface area contributed by atoms with Crippen molar-refractivity contribution in [3.05, 3.63) is 29.8 Å². The van der Waals surface area contributed by atoms with Crippen LogP contribution >= 0.6 is 0 Å². The lowest BCUT2D eigenvalue weighted by atomic mass is 10.0. The van der Waals surface area contributed by atoms with Gasteiger partial charge in [-0.1, -0.05) is 13.8 Å². The lowest BCUT2D eigenvalue weighted by molar-refractivity contribution is -0.137. The Kier molecular flexibility index (Phi) is 2.80. The van der Waals surface area contributed by atoms with Gasteiger partial charge in [-0.05, 0) is 47.9 Å². The average Bonchev–Trinajstić information content (AvgIpc) is 2.85. The molecule has 3 rings (SSSR count). The Hall–Kier alpha value is -1.19. The third kappa shape index (κ3) is 2.21. The van der Waals surface area contributed by atoms with E-state index in [-0.39, 0.29) is 0 Å². The molecule has 2 unspecified atom stereocenters. The van der Waals surface area contributed by atoms with Crippen molar-refractivity contribution >= 4 is 5.69 Å². The zero-order chi connectivity index (χ0) is 13.8. The molecule has 1 saturated carbocycles. The van der Waals surface area contributed by atoms with Crippen molar-refractivity contribution in [3.8, 4) is 0 Å². The first-order valence-corrected chi connectivity index (χ1v) is 6.80. The third-order valence-electron chi connectivity index (χ3n) is 4.59. The van der Waals surface area contributed by atoms with E-state index in [1.54, 1.807) is 12.1 Å². The van der Waals surface area contributed by atoms with Crippen LogP contribution in [0.3, 0.4) is 0 Å². The standard InChI is InChI=1S/C15H18F3N/c1-9(2)14-12-7-19(8-13(12)14)11-5-3-10(4-6-11)15(16,17)18/h3-6,9,12-14H,7-8H2,1-2H3. The largest absolute Gasteiger partial charge is 0.416 e. The number of hydrogen-bond donors (Lipinski definition) is 0. The molecular formula is C15H18F3N. The maximum atomic E-state index is 12.5. The first-order chi connectivity index (χ1) is 8.88. The Labute approximate surface area is 111 Å². The molecule has 1 nitrogen and oxygen atoms in total. The molecule has 0 bridgehead atoms. The number of rotatable bonds is 2. The van der Waals surface area contributed by atoms with Gasteiger partial charge in [0.25, 0.3) is 0 Å². The van der Waals surface area contributed by atoms with Crippen LogP contribution in [-0.2, 0) is 6.18 Å². The third-order valence-corrected chi connectivity index (χ3v) is 4.59. The van der Waals surface area contributed by atoms with Gasteiger partial charge in [0.2, 0.25) is 0 Å².